The van der Waals surface area contributed by atoms with E-state index in [1.807, 2.05) is 0 Å². The number of H-pyrrole nitrogens is 1. The number of anilines is 1. The van der Waals surface area contributed by atoms with E-state index >= 15 is 0 Å². The summed E-state index contributed by atoms with van der Waals surface area (Å²) in [6, 6.07) is 10.2. The summed E-state index contributed by atoms with van der Waals surface area (Å²) in [5.74, 6) is -4.00. The lowest BCUT2D eigenvalue weighted by Crippen LogP contribution is -2.13. The van der Waals surface area contributed by atoms with Gasteiger partial charge in [0.25, 0.3) is 5.91 Å². The van der Waals surface area contributed by atoms with Crippen molar-refractivity contribution in [2.45, 2.75) is 10.6 Å². The van der Waals surface area contributed by atoms with Crippen LogP contribution in [0.1, 0.15) is 15.9 Å². The van der Waals surface area contributed by atoms with Gasteiger partial charge in [-0.05, 0) is 35.9 Å². The first-order valence-electron chi connectivity index (χ1n) is 8.81. The lowest BCUT2D eigenvalue weighted by Gasteiger charge is -2.09. The van der Waals surface area contributed by atoms with Crippen molar-refractivity contribution in [1.29, 1.82) is 0 Å². The Labute approximate surface area is 173 Å². The van der Waals surface area contributed by atoms with E-state index in [9.17, 15) is 26.4 Å². The number of carbonyl (C=O) groups excluding carboxylic acids is 1. The lowest BCUT2D eigenvalue weighted by atomic mass is 10.1. The summed E-state index contributed by atoms with van der Waals surface area (Å²) >= 11 is 0. The molecule has 158 valence electrons. The molecule has 0 aliphatic heterocycles. The molecule has 3 aromatic carbocycles. The van der Waals surface area contributed by atoms with Crippen molar-refractivity contribution >= 4 is 32.5 Å². The maximum absolute atomic E-state index is 13.9. The molecule has 2 N–H and O–H groups in total. The molecule has 0 fully saturated rings. The molecule has 0 spiro atoms. The van der Waals surface area contributed by atoms with Crippen LogP contribution in [-0.4, -0.2) is 29.7 Å². The second-order valence-electron chi connectivity index (χ2n) is 6.63. The molecule has 11 heteroatoms. The molecule has 4 aromatic rings. The van der Waals surface area contributed by atoms with Crippen LogP contribution in [0.2, 0.25) is 0 Å². The zero-order valence-corrected chi connectivity index (χ0v) is 16.4. The van der Waals surface area contributed by atoms with Crippen LogP contribution in [-0.2, 0) is 15.6 Å². The minimum Gasteiger partial charge on any atom is -0.322 e. The zero-order valence-electron chi connectivity index (χ0n) is 15.6. The molecule has 0 bridgehead atoms. The second-order valence-corrected chi connectivity index (χ2v) is 8.59. The minimum absolute atomic E-state index is 0.0600. The number of nitrogens with one attached hydrogen (secondary N) is 2. The van der Waals surface area contributed by atoms with Crippen LogP contribution in [0.4, 0.5) is 18.9 Å². The largest absolute Gasteiger partial charge is 0.322 e. The number of halogens is 3. The van der Waals surface area contributed by atoms with E-state index in [2.05, 4.69) is 20.7 Å². The Hall–Kier alpha value is -3.73. The third kappa shape index (κ3) is 4.26. The number of hydrogen-bond donors (Lipinski definition) is 2. The van der Waals surface area contributed by atoms with Crippen molar-refractivity contribution in [2.75, 3.05) is 5.32 Å². The SMILES string of the molecule is O=C(Nc1cccc(CS(=O)(=O)c2ccc(F)cc2F)c1)c1cc(F)cc2n[nH]nc12. The standard InChI is InChI=1S/C20H13F3N4O3S/c21-12-4-5-18(16(23)8-12)31(29,30)10-11-2-1-3-14(6-11)24-20(28)15-7-13(22)9-17-19(15)26-27-25-17/h1-9H,10H2,(H,24,28)(H,25,26,27). The molecule has 1 amide bonds. The number of hydrogen-bond acceptors (Lipinski definition) is 5. The smallest absolute Gasteiger partial charge is 0.258 e. The van der Waals surface area contributed by atoms with E-state index in [0.717, 1.165) is 24.3 Å². The summed E-state index contributed by atoms with van der Waals surface area (Å²) in [6.45, 7) is 0. The summed E-state index contributed by atoms with van der Waals surface area (Å²) < 4.78 is 65.8. The second kappa shape index (κ2) is 7.84. The van der Waals surface area contributed by atoms with Crippen molar-refractivity contribution in [1.82, 2.24) is 15.4 Å². The number of fused-ring (bicyclic) bond motifs is 1. The van der Waals surface area contributed by atoms with E-state index in [-0.39, 0.29) is 27.8 Å². The molecule has 1 aromatic heterocycles. The van der Waals surface area contributed by atoms with E-state index in [0.29, 0.717) is 6.07 Å². The van der Waals surface area contributed by atoms with Crippen molar-refractivity contribution < 1.29 is 26.4 Å². The molecule has 4 rings (SSSR count). The Bertz CT molecular complexity index is 1420. The molecule has 0 atom stereocenters. The maximum Gasteiger partial charge on any atom is 0.258 e. The molecule has 0 unspecified atom stereocenters. The Morgan fingerprint density at radius 3 is 2.55 bits per heavy atom. The predicted octanol–water partition coefficient (Wildman–Crippen LogP) is 3.60. The third-order valence-corrected chi connectivity index (χ3v) is 6.12. The van der Waals surface area contributed by atoms with Gasteiger partial charge in [-0.25, -0.2) is 21.6 Å². The fraction of sp³-hybridized carbons (Fsp3) is 0.0500. The number of benzene rings is 3. The average molecular weight is 446 g/mol. The zero-order chi connectivity index (χ0) is 22.2. The van der Waals surface area contributed by atoms with E-state index in [4.69, 9.17) is 0 Å². The monoisotopic (exact) mass is 446 g/mol. The molecule has 7 nitrogen and oxygen atoms in total. The first-order chi connectivity index (χ1) is 14.7. The average Bonchev–Trinajstić information content (AvgIpc) is 3.15. The van der Waals surface area contributed by atoms with Crippen molar-refractivity contribution in [3.05, 3.63) is 83.2 Å². The Morgan fingerprint density at radius 2 is 1.77 bits per heavy atom. The van der Waals surface area contributed by atoms with Crippen LogP contribution in [0.5, 0.6) is 0 Å². The van der Waals surface area contributed by atoms with Crippen molar-refractivity contribution in [2.24, 2.45) is 0 Å². The quantitative estimate of drug-likeness (QED) is 0.456. The summed E-state index contributed by atoms with van der Waals surface area (Å²) in [5.41, 5.74) is 0.774. The van der Waals surface area contributed by atoms with Gasteiger partial charge in [0.1, 0.15) is 33.4 Å². The predicted molar refractivity (Wildman–Crippen MR) is 105 cm³/mol. The van der Waals surface area contributed by atoms with Crippen LogP contribution in [0.25, 0.3) is 11.0 Å². The molecule has 0 aliphatic rings. The van der Waals surface area contributed by atoms with Gasteiger partial charge in [0.15, 0.2) is 9.84 Å². The third-order valence-electron chi connectivity index (χ3n) is 4.40. The van der Waals surface area contributed by atoms with Gasteiger partial charge in [-0.3, -0.25) is 4.79 Å². The normalized spacial score (nSPS) is 11.6. The highest BCUT2D eigenvalue weighted by molar-refractivity contribution is 7.90. The van der Waals surface area contributed by atoms with Crippen LogP contribution in [0, 0.1) is 17.5 Å². The van der Waals surface area contributed by atoms with Gasteiger partial charge in [0.05, 0.1) is 11.3 Å². The highest BCUT2D eigenvalue weighted by Gasteiger charge is 2.21. The molecular weight excluding hydrogens is 433 g/mol. The number of amides is 1. The number of sulfone groups is 1. The van der Waals surface area contributed by atoms with Crippen LogP contribution in [0.3, 0.4) is 0 Å². The number of aromatic nitrogens is 3. The van der Waals surface area contributed by atoms with Gasteiger partial charge >= 0.3 is 0 Å². The fourth-order valence-corrected chi connectivity index (χ4v) is 4.46. The van der Waals surface area contributed by atoms with Crippen molar-refractivity contribution in [3.63, 3.8) is 0 Å². The topological polar surface area (TPSA) is 105 Å². The van der Waals surface area contributed by atoms with Gasteiger partial charge in [0.2, 0.25) is 0 Å². The number of nitrogens with zero attached hydrogens (tertiary/aromatic N) is 2. The number of carbonyl (C=O) groups is 1. The molecular formula is C20H13F3N4O3S. The van der Waals surface area contributed by atoms with Gasteiger partial charge in [-0.15, -0.1) is 0 Å². The molecule has 0 aliphatic carbocycles. The summed E-state index contributed by atoms with van der Waals surface area (Å²) in [6.07, 6.45) is 0. The molecule has 0 radical (unpaired) electrons. The highest BCUT2D eigenvalue weighted by atomic mass is 32.2. The Kier molecular flexibility index (Phi) is 5.19. The highest BCUT2D eigenvalue weighted by Crippen LogP contribution is 2.23. The van der Waals surface area contributed by atoms with E-state index in [1.54, 1.807) is 0 Å². The molecule has 0 saturated heterocycles. The summed E-state index contributed by atoms with van der Waals surface area (Å²) in [7, 11) is -4.11. The Morgan fingerprint density at radius 1 is 0.968 bits per heavy atom. The summed E-state index contributed by atoms with van der Waals surface area (Å²) in [5, 5.41) is 12.4. The van der Waals surface area contributed by atoms with Crippen LogP contribution < -0.4 is 5.32 Å². The number of aromatic amines is 1. The lowest BCUT2D eigenvalue weighted by molar-refractivity contribution is 0.102. The van der Waals surface area contributed by atoms with Gasteiger partial charge in [-0.2, -0.15) is 15.4 Å². The maximum atomic E-state index is 13.9. The van der Waals surface area contributed by atoms with E-state index in [1.165, 1.54) is 24.3 Å². The van der Waals surface area contributed by atoms with Gasteiger partial charge in [0, 0.05) is 17.8 Å². The van der Waals surface area contributed by atoms with Gasteiger partial charge < -0.3 is 5.32 Å². The molecule has 31 heavy (non-hydrogen) atoms. The number of rotatable bonds is 5. The van der Waals surface area contributed by atoms with E-state index < -0.39 is 43.8 Å². The van der Waals surface area contributed by atoms with Gasteiger partial charge in [-0.1, -0.05) is 12.1 Å². The minimum atomic E-state index is -4.11. The first-order valence-corrected chi connectivity index (χ1v) is 10.5. The fourth-order valence-electron chi connectivity index (χ4n) is 3.05. The van der Waals surface area contributed by atoms with Crippen LogP contribution >= 0.6 is 0 Å². The Balaban J connectivity index is 1.58. The van der Waals surface area contributed by atoms with Crippen LogP contribution in [0.15, 0.2) is 59.5 Å². The molecule has 1 heterocycles. The molecule has 0 saturated carbocycles. The first kappa shape index (κ1) is 20.5. The summed E-state index contributed by atoms with van der Waals surface area (Å²) in [4.78, 5) is 12.0. The van der Waals surface area contributed by atoms with Crippen molar-refractivity contribution in [3.8, 4) is 0 Å².